The first kappa shape index (κ1) is 20.4. The van der Waals surface area contributed by atoms with Crippen LogP contribution in [0.1, 0.15) is 63.0 Å². The van der Waals surface area contributed by atoms with Gasteiger partial charge in [-0.15, -0.1) is 0 Å². The van der Waals surface area contributed by atoms with Gasteiger partial charge >= 0.3 is 10.1 Å². The Morgan fingerprint density at radius 1 is 1.24 bits per heavy atom. The summed E-state index contributed by atoms with van der Waals surface area (Å²) in [4.78, 5) is 27.4. The highest BCUT2D eigenvalue weighted by Crippen LogP contribution is 2.58. The normalized spacial score (nSPS) is 31.7. The summed E-state index contributed by atoms with van der Waals surface area (Å²) in [7, 11) is -3.55. The molecule has 2 fully saturated rings. The predicted octanol–water partition coefficient (Wildman–Crippen LogP) is 3.26. The van der Waals surface area contributed by atoms with Crippen molar-refractivity contribution in [1.29, 1.82) is 0 Å². The van der Waals surface area contributed by atoms with Crippen molar-refractivity contribution >= 4 is 21.9 Å². The standard InChI is InChI=1S/C22H29NO5S/c1-4-11-23-20(24)13-19-18-7-5-14-12-15(28-29(3,26)27)6-8-16(14)17(18)9-10-22(19,2)21(23)25/h6,8,12,17-19H,4-5,7,9-11,13H2,1-3H3/t17?,18?,19?,22-/m0/s1. The molecule has 0 bridgehead atoms. The second kappa shape index (κ2) is 7.11. The fourth-order valence-corrected chi connectivity index (χ4v) is 6.37. The first-order chi connectivity index (χ1) is 13.6. The molecule has 0 N–H and O–H groups in total. The Bertz CT molecular complexity index is 956. The zero-order valence-corrected chi connectivity index (χ0v) is 18.1. The Labute approximate surface area is 172 Å². The van der Waals surface area contributed by atoms with E-state index in [1.165, 1.54) is 10.5 Å². The molecule has 1 saturated heterocycles. The summed E-state index contributed by atoms with van der Waals surface area (Å²) < 4.78 is 27.9. The molecule has 0 spiro atoms. The largest absolute Gasteiger partial charge is 0.383 e. The van der Waals surface area contributed by atoms with E-state index in [4.69, 9.17) is 4.18 Å². The van der Waals surface area contributed by atoms with Gasteiger partial charge in [0.05, 0.1) is 11.7 Å². The molecule has 3 aliphatic rings. The van der Waals surface area contributed by atoms with E-state index < -0.39 is 15.5 Å². The van der Waals surface area contributed by atoms with Crippen molar-refractivity contribution in [3.63, 3.8) is 0 Å². The van der Waals surface area contributed by atoms with Crippen LogP contribution in [0.5, 0.6) is 5.75 Å². The van der Waals surface area contributed by atoms with E-state index in [0.29, 0.717) is 30.6 Å². The lowest BCUT2D eigenvalue weighted by Gasteiger charge is -2.54. The van der Waals surface area contributed by atoms with Crippen LogP contribution in [0.2, 0.25) is 0 Å². The van der Waals surface area contributed by atoms with Gasteiger partial charge in [-0.25, -0.2) is 0 Å². The second-order valence-corrected chi connectivity index (χ2v) is 10.6. The molecule has 0 radical (unpaired) electrons. The lowest BCUT2D eigenvalue weighted by molar-refractivity contribution is -0.167. The number of nitrogens with zero attached hydrogens (tertiary/aromatic N) is 1. The Morgan fingerprint density at radius 2 is 2.00 bits per heavy atom. The van der Waals surface area contributed by atoms with E-state index in [1.54, 1.807) is 6.07 Å². The van der Waals surface area contributed by atoms with Crippen molar-refractivity contribution in [3.8, 4) is 5.75 Å². The van der Waals surface area contributed by atoms with Gasteiger partial charge < -0.3 is 4.18 Å². The van der Waals surface area contributed by atoms with E-state index in [0.717, 1.165) is 43.9 Å². The van der Waals surface area contributed by atoms with Crippen LogP contribution in [-0.2, 0) is 26.1 Å². The van der Waals surface area contributed by atoms with Gasteiger partial charge in [0, 0.05) is 13.0 Å². The summed E-state index contributed by atoms with van der Waals surface area (Å²) >= 11 is 0. The zero-order chi connectivity index (χ0) is 21.0. The summed E-state index contributed by atoms with van der Waals surface area (Å²) in [6.07, 6.45) is 5.70. The van der Waals surface area contributed by atoms with Crippen LogP contribution in [0.3, 0.4) is 0 Å². The van der Waals surface area contributed by atoms with Crippen LogP contribution in [0.4, 0.5) is 0 Å². The van der Waals surface area contributed by atoms with Crippen LogP contribution < -0.4 is 4.18 Å². The van der Waals surface area contributed by atoms with Gasteiger partial charge in [-0.05, 0) is 73.1 Å². The molecular weight excluding hydrogens is 390 g/mol. The van der Waals surface area contributed by atoms with Crippen LogP contribution in [0.15, 0.2) is 18.2 Å². The minimum Gasteiger partial charge on any atom is -0.383 e. The molecule has 2 aliphatic carbocycles. The third-order valence-electron chi connectivity index (χ3n) is 7.21. The first-order valence-electron chi connectivity index (χ1n) is 10.5. The Kier molecular flexibility index (Phi) is 5.00. The number of fused-ring (bicyclic) bond motifs is 5. The van der Waals surface area contributed by atoms with E-state index in [-0.39, 0.29) is 17.7 Å². The molecule has 1 aliphatic heterocycles. The third kappa shape index (κ3) is 3.47. The molecule has 4 atom stereocenters. The fourth-order valence-electron chi connectivity index (χ4n) is 5.92. The van der Waals surface area contributed by atoms with Gasteiger partial charge in [0.2, 0.25) is 11.8 Å². The van der Waals surface area contributed by atoms with Crippen LogP contribution in [0, 0.1) is 17.3 Å². The average Bonchev–Trinajstić information content (AvgIpc) is 2.65. The number of piperidine rings is 1. The van der Waals surface area contributed by atoms with Crippen molar-refractivity contribution < 1.29 is 22.2 Å². The smallest absolute Gasteiger partial charge is 0.306 e. The van der Waals surface area contributed by atoms with Crippen LogP contribution in [-0.4, -0.2) is 37.9 Å². The predicted molar refractivity (Wildman–Crippen MR) is 109 cm³/mol. The summed E-state index contributed by atoms with van der Waals surface area (Å²) in [5, 5.41) is 0. The van der Waals surface area contributed by atoms with Crippen molar-refractivity contribution in [3.05, 3.63) is 29.3 Å². The van der Waals surface area contributed by atoms with E-state index in [1.807, 2.05) is 19.1 Å². The summed E-state index contributed by atoms with van der Waals surface area (Å²) in [5.74, 6) is 1.03. The molecule has 2 amide bonds. The third-order valence-corrected chi connectivity index (χ3v) is 7.71. The molecule has 4 rings (SSSR count). The van der Waals surface area contributed by atoms with Gasteiger partial charge in [-0.2, -0.15) is 8.42 Å². The molecule has 0 aromatic heterocycles. The maximum absolute atomic E-state index is 13.2. The number of imide groups is 1. The average molecular weight is 420 g/mol. The maximum Gasteiger partial charge on any atom is 0.306 e. The molecule has 29 heavy (non-hydrogen) atoms. The van der Waals surface area contributed by atoms with Gasteiger partial charge in [-0.3, -0.25) is 14.5 Å². The van der Waals surface area contributed by atoms with Crippen LogP contribution in [0.25, 0.3) is 0 Å². The highest BCUT2D eigenvalue weighted by Gasteiger charge is 2.57. The van der Waals surface area contributed by atoms with Crippen molar-refractivity contribution in [2.24, 2.45) is 17.3 Å². The Hall–Kier alpha value is -1.89. The topological polar surface area (TPSA) is 80.8 Å². The van der Waals surface area contributed by atoms with Crippen molar-refractivity contribution in [2.75, 3.05) is 12.8 Å². The molecule has 1 saturated carbocycles. The SMILES string of the molecule is CCCN1C(=O)CC2C3CCc4cc(OS(C)(=O)=O)ccc4C3CC[C@]2(C)C1=O. The highest BCUT2D eigenvalue weighted by molar-refractivity contribution is 7.86. The monoisotopic (exact) mass is 419 g/mol. The first-order valence-corrected chi connectivity index (χ1v) is 12.3. The van der Waals surface area contributed by atoms with Gasteiger partial charge in [0.15, 0.2) is 0 Å². The number of benzene rings is 1. The molecule has 1 heterocycles. The molecular formula is C22H29NO5S. The number of amides is 2. The maximum atomic E-state index is 13.2. The molecule has 158 valence electrons. The van der Waals surface area contributed by atoms with E-state index >= 15 is 0 Å². The summed E-state index contributed by atoms with van der Waals surface area (Å²) in [6.45, 7) is 4.57. The number of hydrogen-bond acceptors (Lipinski definition) is 5. The number of aryl methyl sites for hydroxylation is 1. The molecule has 1 aromatic rings. The summed E-state index contributed by atoms with van der Waals surface area (Å²) in [5.41, 5.74) is 1.89. The number of carbonyl (C=O) groups is 2. The molecule has 3 unspecified atom stereocenters. The van der Waals surface area contributed by atoms with E-state index in [2.05, 4.69) is 6.92 Å². The van der Waals surface area contributed by atoms with Gasteiger partial charge in [0.1, 0.15) is 5.75 Å². The minimum atomic E-state index is -3.55. The molecule has 7 heteroatoms. The second-order valence-electron chi connectivity index (χ2n) is 9.07. The number of carbonyl (C=O) groups excluding carboxylic acids is 2. The lowest BCUT2D eigenvalue weighted by atomic mass is 9.52. The molecule has 6 nitrogen and oxygen atoms in total. The Balaban J connectivity index is 1.63. The Morgan fingerprint density at radius 3 is 2.69 bits per heavy atom. The zero-order valence-electron chi connectivity index (χ0n) is 17.3. The fraction of sp³-hybridized carbons (Fsp3) is 0.636. The van der Waals surface area contributed by atoms with Crippen LogP contribution >= 0.6 is 0 Å². The van der Waals surface area contributed by atoms with Crippen molar-refractivity contribution in [1.82, 2.24) is 4.90 Å². The number of likely N-dealkylation sites (tertiary alicyclic amines) is 1. The quantitative estimate of drug-likeness (QED) is 0.553. The highest BCUT2D eigenvalue weighted by atomic mass is 32.2. The van der Waals surface area contributed by atoms with Gasteiger partial charge in [0.25, 0.3) is 0 Å². The lowest BCUT2D eigenvalue weighted by Crippen LogP contribution is -2.59. The van der Waals surface area contributed by atoms with Gasteiger partial charge in [-0.1, -0.05) is 19.9 Å². The minimum absolute atomic E-state index is 0.0155. The number of rotatable bonds is 4. The number of hydrogen-bond donors (Lipinski definition) is 0. The summed E-state index contributed by atoms with van der Waals surface area (Å²) in [6, 6.07) is 5.53. The van der Waals surface area contributed by atoms with Crippen molar-refractivity contribution in [2.45, 2.75) is 58.3 Å². The molecule has 1 aromatic carbocycles. The van der Waals surface area contributed by atoms with E-state index in [9.17, 15) is 18.0 Å².